The van der Waals surface area contributed by atoms with E-state index in [0.29, 0.717) is 11.1 Å². The largest absolute Gasteiger partial charge is 0.507 e. The van der Waals surface area contributed by atoms with Gasteiger partial charge in [-0.15, -0.1) is 0 Å². The summed E-state index contributed by atoms with van der Waals surface area (Å²) in [5.74, 6) is -0.786. The Labute approximate surface area is 185 Å². The number of ketones is 1. The van der Waals surface area contributed by atoms with E-state index in [9.17, 15) is 14.7 Å². The number of Topliss-reactive ketones (excluding diaryl/α,β-unsaturated/α-hetero) is 1. The molecule has 0 bridgehead atoms. The predicted octanol–water partition coefficient (Wildman–Crippen LogP) is 3.42. The van der Waals surface area contributed by atoms with Gasteiger partial charge < -0.3 is 14.7 Å². The van der Waals surface area contributed by atoms with E-state index in [0.717, 1.165) is 23.3 Å². The van der Waals surface area contributed by atoms with Crippen LogP contribution in [0.1, 0.15) is 35.2 Å². The number of hydrogen-bond donors (Lipinski definition) is 1. The van der Waals surface area contributed by atoms with Gasteiger partial charge >= 0.3 is 0 Å². The van der Waals surface area contributed by atoms with Crippen molar-refractivity contribution in [3.8, 4) is 5.75 Å². The number of hydrogen-bond acceptors (Lipinski definition) is 6. The molecule has 1 N–H and O–H groups in total. The van der Waals surface area contributed by atoms with E-state index < -0.39 is 17.7 Å². The zero-order chi connectivity index (χ0) is 22.2. The highest BCUT2D eigenvalue weighted by atomic mass is 16.5. The smallest absolute Gasteiger partial charge is 0.295 e. The molecule has 0 spiro atoms. The minimum atomic E-state index is -0.735. The summed E-state index contributed by atoms with van der Waals surface area (Å²) in [4.78, 5) is 35.8. The molecule has 0 radical (unpaired) electrons. The highest BCUT2D eigenvalue weighted by Gasteiger charge is 2.46. The lowest BCUT2D eigenvalue weighted by atomic mass is 9.95. The summed E-state index contributed by atoms with van der Waals surface area (Å²) in [6.45, 7) is 2.17. The molecule has 4 heterocycles. The maximum absolute atomic E-state index is 13.1. The summed E-state index contributed by atoms with van der Waals surface area (Å²) in [5.41, 5.74) is 3.00. The number of ether oxygens (including phenoxy) is 1. The first kappa shape index (κ1) is 19.9. The number of amides is 1. The van der Waals surface area contributed by atoms with Crippen molar-refractivity contribution in [1.29, 1.82) is 0 Å². The lowest BCUT2D eigenvalue weighted by Gasteiger charge is -2.25. The lowest BCUT2D eigenvalue weighted by molar-refractivity contribution is -0.140. The van der Waals surface area contributed by atoms with Crippen molar-refractivity contribution in [2.75, 3.05) is 0 Å². The van der Waals surface area contributed by atoms with E-state index in [1.807, 2.05) is 19.1 Å². The van der Waals surface area contributed by atoms with Crippen molar-refractivity contribution in [3.05, 3.63) is 95.1 Å². The van der Waals surface area contributed by atoms with E-state index in [2.05, 4.69) is 9.97 Å². The third-order valence-electron chi connectivity index (χ3n) is 5.81. The van der Waals surface area contributed by atoms with Gasteiger partial charge in [-0.05, 0) is 60.0 Å². The number of aliphatic hydroxyl groups excluding tert-OH is 1. The van der Waals surface area contributed by atoms with E-state index in [-0.39, 0.29) is 24.0 Å². The molecule has 2 aliphatic heterocycles. The van der Waals surface area contributed by atoms with Crippen LogP contribution in [0.25, 0.3) is 5.76 Å². The van der Waals surface area contributed by atoms with Crippen LogP contribution >= 0.6 is 0 Å². The fraction of sp³-hybridized carbons (Fsp3) is 0.200. The van der Waals surface area contributed by atoms with Crippen LogP contribution in [0.5, 0.6) is 5.75 Å². The minimum Gasteiger partial charge on any atom is -0.507 e. The Morgan fingerprint density at radius 2 is 1.94 bits per heavy atom. The summed E-state index contributed by atoms with van der Waals surface area (Å²) in [6, 6.07) is 11.7. The van der Waals surface area contributed by atoms with E-state index in [4.69, 9.17) is 4.74 Å². The van der Waals surface area contributed by atoms with Gasteiger partial charge in [0.2, 0.25) is 0 Å². The van der Waals surface area contributed by atoms with E-state index in [1.165, 1.54) is 4.90 Å². The van der Waals surface area contributed by atoms with Crippen LogP contribution < -0.4 is 4.74 Å². The molecule has 1 amide bonds. The first-order valence-electron chi connectivity index (χ1n) is 10.4. The number of pyridine rings is 2. The molecule has 2 unspecified atom stereocenters. The Balaban J connectivity index is 1.62. The maximum Gasteiger partial charge on any atom is 0.295 e. The highest BCUT2D eigenvalue weighted by Crippen LogP contribution is 2.41. The number of aliphatic hydroxyl groups is 1. The Bertz CT molecular complexity index is 1220. The SMILES string of the molecule is CC1Cc2cc(C(O)=C3C(=O)C(=O)N(Cc4cccnc4)C3c3ccncc3)ccc2O1. The van der Waals surface area contributed by atoms with Crippen LogP contribution in [0.4, 0.5) is 0 Å². The normalized spacial score (nSPS) is 21.5. The van der Waals surface area contributed by atoms with E-state index >= 15 is 0 Å². The van der Waals surface area contributed by atoms with Crippen LogP contribution in [0.3, 0.4) is 0 Å². The summed E-state index contributed by atoms with van der Waals surface area (Å²) in [6.07, 6.45) is 7.30. The van der Waals surface area contributed by atoms with Crippen molar-refractivity contribution in [3.63, 3.8) is 0 Å². The first-order valence-corrected chi connectivity index (χ1v) is 10.4. The minimum absolute atomic E-state index is 0.0595. The van der Waals surface area contributed by atoms with Crippen molar-refractivity contribution in [2.24, 2.45) is 0 Å². The van der Waals surface area contributed by atoms with Gasteiger partial charge in [-0.25, -0.2) is 0 Å². The number of nitrogens with zero attached hydrogens (tertiary/aromatic N) is 3. The number of benzene rings is 1. The molecule has 5 rings (SSSR count). The molecule has 3 aromatic rings. The molecule has 0 saturated carbocycles. The standard InChI is InChI=1S/C25H21N3O4/c1-15-11-19-12-18(4-5-20(19)32-15)23(29)21-22(17-6-9-26-10-7-17)28(25(31)24(21)30)14-16-3-2-8-27-13-16/h2-10,12-13,15,22,29H,11,14H2,1H3. The second kappa shape index (κ2) is 7.92. The average Bonchev–Trinajstić information content (AvgIpc) is 3.31. The predicted molar refractivity (Wildman–Crippen MR) is 117 cm³/mol. The number of fused-ring (bicyclic) bond motifs is 1. The van der Waals surface area contributed by atoms with Crippen LogP contribution in [0.2, 0.25) is 0 Å². The van der Waals surface area contributed by atoms with E-state index in [1.54, 1.807) is 55.1 Å². The van der Waals surface area contributed by atoms with Crippen molar-refractivity contribution < 1.29 is 19.4 Å². The summed E-state index contributed by atoms with van der Waals surface area (Å²) < 4.78 is 5.74. The fourth-order valence-corrected chi connectivity index (χ4v) is 4.35. The molecular formula is C25H21N3O4. The van der Waals surface area contributed by atoms with Gasteiger partial charge in [-0.2, -0.15) is 0 Å². The van der Waals surface area contributed by atoms with Gasteiger partial charge in [0.1, 0.15) is 17.6 Å². The van der Waals surface area contributed by atoms with Gasteiger partial charge in [0.25, 0.3) is 11.7 Å². The highest BCUT2D eigenvalue weighted by molar-refractivity contribution is 6.46. The van der Waals surface area contributed by atoms with Gasteiger partial charge in [0.05, 0.1) is 11.6 Å². The van der Waals surface area contributed by atoms with Crippen molar-refractivity contribution in [2.45, 2.75) is 32.0 Å². The van der Waals surface area contributed by atoms with Crippen molar-refractivity contribution >= 4 is 17.4 Å². The third kappa shape index (κ3) is 3.41. The number of aromatic nitrogens is 2. The molecule has 2 atom stereocenters. The second-order valence-electron chi connectivity index (χ2n) is 8.02. The molecule has 1 aromatic carbocycles. The molecule has 7 nitrogen and oxygen atoms in total. The fourth-order valence-electron chi connectivity index (χ4n) is 4.35. The molecule has 1 saturated heterocycles. The van der Waals surface area contributed by atoms with Gasteiger partial charge in [-0.3, -0.25) is 19.6 Å². The Morgan fingerprint density at radius 3 is 2.69 bits per heavy atom. The molecule has 1 fully saturated rings. The van der Waals surface area contributed by atoms with Crippen LogP contribution in [-0.2, 0) is 22.6 Å². The maximum atomic E-state index is 13.1. The second-order valence-corrected chi connectivity index (χ2v) is 8.02. The monoisotopic (exact) mass is 427 g/mol. The van der Waals surface area contributed by atoms with Crippen LogP contribution in [0.15, 0.2) is 72.8 Å². The molecule has 2 aromatic heterocycles. The molecule has 160 valence electrons. The molecule has 2 aliphatic rings. The zero-order valence-electron chi connectivity index (χ0n) is 17.4. The Hall–Kier alpha value is -4.00. The van der Waals surface area contributed by atoms with Gasteiger partial charge in [-0.1, -0.05) is 6.07 Å². The van der Waals surface area contributed by atoms with Crippen molar-refractivity contribution in [1.82, 2.24) is 14.9 Å². The zero-order valence-corrected chi connectivity index (χ0v) is 17.4. The Morgan fingerprint density at radius 1 is 1.12 bits per heavy atom. The van der Waals surface area contributed by atoms with Crippen LogP contribution in [0, 0.1) is 0 Å². The summed E-state index contributed by atoms with van der Waals surface area (Å²) >= 11 is 0. The first-order chi connectivity index (χ1) is 15.5. The third-order valence-corrected chi connectivity index (χ3v) is 5.81. The molecule has 32 heavy (non-hydrogen) atoms. The number of likely N-dealkylation sites (tertiary alicyclic amines) is 1. The quantitative estimate of drug-likeness (QED) is 0.390. The molecule has 7 heteroatoms. The van der Waals surface area contributed by atoms with Gasteiger partial charge in [0.15, 0.2) is 0 Å². The number of carbonyl (C=O) groups is 2. The molecular weight excluding hydrogens is 406 g/mol. The summed E-state index contributed by atoms with van der Waals surface area (Å²) in [5, 5.41) is 11.2. The summed E-state index contributed by atoms with van der Waals surface area (Å²) in [7, 11) is 0. The number of carbonyl (C=O) groups excluding carboxylic acids is 2. The average molecular weight is 427 g/mol. The van der Waals surface area contributed by atoms with Crippen LogP contribution in [-0.4, -0.2) is 37.8 Å². The number of rotatable bonds is 4. The lowest BCUT2D eigenvalue weighted by Crippen LogP contribution is -2.29. The Kier molecular flexibility index (Phi) is 4.93. The van der Waals surface area contributed by atoms with Gasteiger partial charge in [0, 0.05) is 43.3 Å². The topological polar surface area (TPSA) is 92.6 Å². The molecule has 0 aliphatic carbocycles.